The Labute approximate surface area is 255 Å². The number of hydrogen-bond acceptors (Lipinski definition) is 2. The van der Waals surface area contributed by atoms with E-state index < -0.39 is 0 Å². The molecular weight excluding hydrogens is 500 g/mol. The molecule has 0 aromatic rings. The van der Waals surface area contributed by atoms with E-state index in [4.69, 9.17) is 4.74 Å². The molecule has 0 amide bonds. The second kappa shape index (κ2) is 15.3. The molecule has 0 saturated heterocycles. The third kappa shape index (κ3) is 8.03. The van der Waals surface area contributed by atoms with Crippen LogP contribution in [0.1, 0.15) is 176 Å². The number of esters is 1. The zero-order chi connectivity index (χ0) is 29.5. The summed E-state index contributed by atoms with van der Waals surface area (Å²) in [6.07, 6.45) is 29.6. The molecule has 0 radical (unpaired) electrons. The van der Waals surface area contributed by atoms with Crippen LogP contribution in [0.3, 0.4) is 0 Å². The summed E-state index contributed by atoms with van der Waals surface area (Å²) in [5.41, 5.74) is 2.54. The van der Waals surface area contributed by atoms with Crippen LogP contribution in [0.15, 0.2) is 11.6 Å². The molecule has 8 atom stereocenters. The number of ether oxygens (including phenoxy) is 1. The van der Waals surface area contributed by atoms with Crippen molar-refractivity contribution < 1.29 is 9.53 Å². The van der Waals surface area contributed by atoms with Crippen molar-refractivity contribution in [3.8, 4) is 0 Å². The summed E-state index contributed by atoms with van der Waals surface area (Å²) in [6.45, 7) is 14.9. The van der Waals surface area contributed by atoms with Crippen LogP contribution in [0.2, 0.25) is 0 Å². The van der Waals surface area contributed by atoms with Gasteiger partial charge >= 0.3 is 5.97 Å². The van der Waals surface area contributed by atoms with Crippen LogP contribution in [0.25, 0.3) is 0 Å². The molecule has 236 valence electrons. The van der Waals surface area contributed by atoms with Crippen LogP contribution in [0.4, 0.5) is 0 Å². The summed E-state index contributed by atoms with van der Waals surface area (Å²) in [4.78, 5) is 12.7. The van der Waals surface area contributed by atoms with E-state index in [0.717, 1.165) is 54.8 Å². The van der Waals surface area contributed by atoms with Crippen LogP contribution in [-0.2, 0) is 9.53 Å². The van der Waals surface area contributed by atoms with Gasteiger partial charge in [0.15, 0.2) is 0 Å². The topological polar surface area (TPSA) is 26.3 Å². The molecule has 0 bridgehead atoms. The molecule has 0 aromatic heterocycles. The Kier molecular flexibility index (Phi) is 12.3. The SMILES string of the molecule is CCCCCCCCCCCC(=O)O[C@H]1CC[C@@]2(C)C(=CC[C@@H]3[C@H]4CC[C@@H]([C@@H](C)CCCC(C)C)[C@@]4(C)CC[C@H]32)C1. The first-order valence-corrected chi connectivity index (χ1v) is 18.6. The molecule has 41 heavy (non-hydrogen) atoms. The predicted molar refractivity (Wildman–Crippen MR) is 175 cm³/mol. The molecule has 3 saturated carbocycles. The average Bonchev–Trinajstić information content (AvgIpc) is 3.29. The first-order valence-electron chi connectivity index (χ1n) is 18.6. The minimum absolute atomic E-state index is 0.0591. The normalized spacial score (nSPS) is 35.4. The average molecular weight is 569 g/mol. The first-order chi connectivity index (χ1) is 19.7. The lowest BCUT2D eigenvalue weighted by atomic mass is 9.47. The van der Waals surface area contributed by atoms with Crippen molar-refractivity contribution in [3.05, 3.63) is 11.6 Å². The maximum Gasteiger partial charge on any atom is 0.306 e. The van der Waals surface area contributed by atoms with Crippen molar-refractivity contribution in [2.75, 3.05) is 0 Å². The van der Waals surface area contributed by atoms with Crippen molar-refractivity contribution >= 4 is 5.97 Å². The zero-order valence-electron chi connectivity index (χ0n) is 28.3. The molecule has 3 fully saturated rings. The Morgan fingerprint density at radius 1 is 0.854 bits per heavy atom. The number of fused-ring (bicyclic) bond motifs is 5. The van der Waals surface area contributed by atoms with Gasteiger partial charge in [0.1, 0.15) is 6.10 Å². The molecular formula is C39H68O2. The molecule has 2 nitrogen and oxygen atoms in total. The second-order valence-corrected chi connectivity index (χ2v) is 16.2. The summed E-state index contributed by atoms with van der Waals surface area (Å²) in [6, 6.07) is 0. The van der Waals surface area contributed by atoms with Crippen molar-refractivity contribution in [3.63, 3.8) is 0 Å². The number of unbranched alkanes of at least 4 members (excludes halogenated alkanes) is 8. The highest BCUT2D eigenvalue weighted by atomic mass is 16.5. The van der Waals surface area contributed by atoms with Crippen molar-refractivity contribution in [1.82, 2.24) is 0 Å². The first kappa shape index (κ1) is 33.1. The fourth-order valence-corrected chi connectivity index (χ4v) is 10.6. The van der Waals surface area contributed by atoms with Gasteiger partial charge in [-0.2, -0.15) is 0 Å². The molecule has 0 aliphatic heterocycles. The summed E-state index contributed by atoms with van der Waals surface area (Å²) >= 11 is 0. The number of allylic oxidation sites excluding steroid dienone is 1. The van der Waals surface area contributed by atoms with Gasteiger partial charge in [-0.05, 0) is 97.7 Å². The lowest BCUT2D eigenvalue weighted by Gasteiger charge is -2.58. The second-order valence-electron chi connectivity index (χ2n) is 16.2. The van der Waals surface area contributed by atoms with Crippen molar-refractivity contribution in [2.45, 2.75) is 182 Å². The quantitative estimate of drug-likeness (QED) is 0.105. The lowest BCUT2D eigenvalue weighted by Crippen LogP contribution is -2.51. The van der Waals surface area contributed by atoms with E-state index in [0.29, 0.717) is 17.3 Å². The van der Waals surface area contributed by atoms with Crippen molar-refractivity contribution in [2.24, 2.45) is 46.3 Å². The van der Waals surface area contributed by atoms with Crippen LogP contribution in [0.5, 0.6) is 0 Å². The van der Waals surface area contributed by atoms with Gasteiger partial charge in [0.25, 0.3) is 0 Å². The molecule has 4 rings (SSSR count). The number of rotatable bonds is 16. The summed E-state index contributed by atoms with van der Waals surface area (Å²) in [5.74, 6) is 5.34. The van der Waals surface area contributed by atoms with Crippen LogP contribution < -0.4 is 0 Å². The Balaban J connectivity index is 1.24. The molecule has 0 N–H and O–H groups in total. The molecule has 0 heterocycles. The molecule has 0 aromatic carbocycles. The van der Waals surface area contributed by atoms with Gasteiger partial charge in [-0.15, -0.1) is 0 Å². The zero-order valence-corrected chi connectivity index (χ0v) is 28.3. The van der Waals surface area contributed by atoms with E-state index >= 15 is 0 Å². The van der Waals surface area contributed by atoms with Gasteiger partial charge in [0, 0.05) is 12.8 Å². The molecule has 4 aliphatic rings. The fraction of sp³-hybridized carbons (Fsp3) is 0.923. The minimum Gasteiger partial charge on any atom is -0.462 e. The van der Waals surface area contributed by atoms with E-state index in [2.05, 4.69) is 47.6 Å². The van der Waals surface area contributed by atoms with Gasteiger partial charge in [0.05, 0.1) is 0 Å². The van der Waals surface area contributed by atoms with Gasteiger partial charge in [-0.3, -0.25) is 4.79 Å². The number of carbonyl (C=O) groups excluding carboxylic acids is 1. The van der Waals surface area contributed by atoms with E-state index in [1.54, 1.807) is 5.57 Å². The smallest absolute Gasteiger partial charge is 0.306 e. The Morgan fingerprint density at radius 3 is 2.27 bits per heavy atom. The van der Waals surface area contributed by atoms with E-state index in [1.807, 2.05) is 0 Å². The van der Waals surface area contributed by atoms with E-state index in [-0.39, 0.29) is 12.1 Å². The standard InChI is InChI=1S/C39H68O2/c1-7-8-9-10-11-12-13-14-15-19-37(40)41-32-24-26-38(5)31(28-32)20-21-33-35-23-22-34(30(4)18-16-17-29(2)3)39(35,6)27-25-36(33)38/h20,29-30,32-36H,7-19,21-28H2,1-6H3/t30-,32-,33+,34-,35+,36+,38-,39+/m0/s1. The Morgan fingerprint density at radius 2 is 1.56 bits per heavy atom. The predicted octanol–water partition coefficient (Wildman–Crippen LogP) is 11.9. The van der Waals surface area contributed by atoms with Gasteiger partial charge in [-0.1, -0.05) is 124 Å². The summed E-state index contributed by atoms with van der Waals surface area (Å²) in [5, 5.41) is 0. The highest BCUT2D eigenvalue weighted by Gasteiger charge is 2.59. The maximum atomic E-state index is 12.7. The Hall–Kier alpha value is -0.790. The summed E-state index contributed by atoms with van der Waals surface area (Å²) in [7, 11) is 0. The number of hydrogen-bond donors (Lipinski definition) is 0. The third-order valence-corrected chi connectivity index (χ3v) is 13.0. The highest BCUT2D eigenvalue weighted by molar-refractivity contribution is 5.69. The maximum absolute atomic E-state index is 12.7. The summed E-state index contributed by atoms with van der Waals surface area (Å²) < 4.78 is 6.09. The van der Waals surface area contributed by atoms with Crippen LogP contribution in [-0.4, -0.2) is 12.1 Å². The lowest BCUT2D eigenvalue weighted by molar-refractivity contribution is -0.151. The minimum atomic E-state index is 0.0591. The van der Waals surface area contributed by atoms with E-state index in [9.17, 15) is 4.79 Å². The largest absolute Gasteiger partial charge is 0.462 e. The van der Waals surface area contributed by atoms with Gasteiger partial charge < -0.3 is 4.74 Å². The van der Waals surface area contributed by atoms with Crippen LogP contribution >= 0.6 is 0 Å². The fourth-order valence-electron chi connectivity index (χ4n) is 10.6. The van der Waals surface area contributed by atoms with Crippen LogP contribution in [0, 0.1) is 46.3 Å². The van der Waals surface area contributed by atoms with Crippen molar-refractivity contribution in [1.29, 1.82) is 0 Å². The Bertz CT molecular complexity index is 843. The van der Waals surface area contributed by atoms with Gasteiger partial charge in [-0.25, -0.2) is 0 Å². The number of carbonyl (C=O) groups is 1. The van der Waals surface area contributed by atoms with Gasteiger partial charge in [0.2, 0.25) is 0 Å². The monoisotopic (exact) mass is 569 g/mol. The molecule has 4 aliphatic carbocycles. The molecule has 2 heteroatoms. The highest BCUT2D eigenvalue weighted by Crippen LogP contribution is 2.67. The molecule has 0 spiro atoms. The van der Waals surface area contributed by atoms with E-state index in [1.165, 1.54) is 109 Å². The third-order valence-electron chi connectivity index (χ3n) is 13.0. The molecule has 0 unspecified atom stereocenters.